The molecule has 1 aliphatic rings. The fraction of sp³-hybridized carbons (Fsp3) is 0.909. The van der Waals surface area contributed by atoms with Crippen molar-refractivity contribution in [1.82, 2.24) is 5.32 Å². The van der Waals surface area contributed by atoms with Crippen LogP contribution in [0.1, 0.15) is 27.7 Å². The van der Waals surface area contributed by atoms with Crippen LogP contribution in [0.2, 0.25) is 0 Å². The Morgan fingerprint density at radius 2 is 1.80 bits per heavy atom. The first-order chi connectivity index (χ1) is 6.74. The van der Waals surface area contributed by atoms with Crippen molar-refractivity contribution in [2.45, 2.75) is 39.8 Å². The number of amides is 1. The van der Waals surface area contributed by atoms with E-state index < -0.39 is 0 Å². The predicted octanol–water partition coefficient (Wildman–Crippen LogP) is 0.511. The third-order valence-electron chi connectivity index (χ3n) is 3.67. The van der Waals surface area contributed by atoms with Crippen molar-refractivity contribution in [3.8, 4) is 0 Å². The Morgan fingerprint density at radius 1 is 1.33 bits per heavy atom. The summed E-state index contributed by atoms with van der Waals surface area (Å²) < 4.78 is 4.79. The number of nitrogens with one attached hydrogen (secondary N) is 1. The first-order valence-electron chi connectivity index (χ1n) is 5.28. The van der Waals surface area contributed by atoms with E-state index in [0.717, 1.165) is 0 Å². The van der Waals surface area contributed by atoms with E-state index in [4.69, 9.17) is 10.5 Å². The minimum absolute atomic E-state index is 0.0487. The summed E-state index contributed by atoms with van der Waals surface area (Å²) in [5.41, 5.74) is 5.99. The van der Waals surface area contributed by atoms with E-state index in [2.05, 4.69) is 33.0 Å². The summed E-state index contributed by atoms with van der Waals surface area (Å²) in [4.78, 5) is 11.5. The minimum Gasteiger partial charge on any atom is -0.375 e. The molecule has 0 bridgehead atoms. The number of carbonyl (C=O) groups is 1. The minimum atomic E-state index is -0.0736. The molecule has 0 aromatic heterocycles. The molecule has 4 nitrogen and oxygen atoms in total. The molecule has 1 aliphatic carbocycles. The zero-order valence-electron chi connectivity index (χ0n) is 10.3. The number of hydrogen-bond acceptors (Lipinski definition) is 3. The lowest BCUT2D eigenvalue weighted by atomic mass is 9.48. The van der Waals surface area contributed by atoms with Gasteiger partial charge in [-0.2, -0.15) is 0 Å². The van der Waals surface area contributed by atoms with Gasteiger partial charge in [0.2, 0.25) is 5.91 Å². The lowest BCUT2D eigenvalue weighted by Gasteiger charge is -2.62. The second-order valence-corrected chi connectivity index (χ2v) is 5.55. The molecule has 0 heterocycles. The van der Waals surface area contributed by atoms with E-state index in [1.54, 1.807) is 0 Å². The van der Waals surface area contributed by atoms with Crippen LogP contribution >= 0.6 is 0 Å². The largest absolute Gasteiger partial charge is 0.375 e. The van der Waals surface area contributed by atoms with Crippen LogP contribution in [0, 0.1) is 10.8 Å². The monoisotopic (exact) mass is 214 g/mol. The van der Waals surface area contributed by atoms with Gasteiger partial charge in [0.05, 0.1) is 0 Å². The molecule has 0 spiro atoms. The third-order valence-corrected chi connectivity index (χ3v) is 3.67. The molecule has 1 fully saturated rings. The van der Waals surface area contributed by atoms with Crippen LogP contribution in [0.4, 0.5) is 0 Å². The van der Waals surface area contributed by atoms with Gasteiger partial charge in [-0.1, -0.05) is 27.7 Å². The van der Waals surface area contributed by atoms with E-state index in [9.17, 15) is 4.79 Å². The van der Waals surface area contributed by atoms with Crippen LogP contribution in [0.15, 0.2) is 0 Å². The fourth-order valence-electron chi connectivity index (χ4n) is 2.89. The summed E-state index contributed by atoms with van der Waals surface area (Å²) in [6.45, 7) is 8.45. The number of carbonyl (C=O) groups excluding carboxylic acids is 1. The zero-order chi connectivity index (χ0) is 11.9. The summed E-state index contributed by atoms with van der Waals surface area (Å²) in [6, 6.07) is 0.223. The van der Waals surface area contributed by atoms with Crippen molar-refractivity contribution in [3.63, 3.8) is 0 Å². The number of rotatable bonds is 3. The average molecular weight is 214 g/mol. The first kappa shape index (κ1) is 12.5. The molecule has 4 heteroatoms. The van der Waals surface area contributed by atoms with E-state index in [1.807, 2.05) is 0 Å². The maximum absolute atomic E-state index is 11.5. The van der Waals surface area contributed by atoms with Gasteiger partial charge in [0.25, 0.3) is 0 Å². The molecular formula is C11H22N2O2. The first-order valence-corrected chi connectivity index (χ1v) is 5.28. The van der Waals surface area contributed by atoms with E-state index in [0.29, 0.717) is 0 Å². The topological polar surface area (TPSA) is 64.3 Å². The highest BCUT2D eigenvalue weighted by Crippen LogP contribution is 2.52. The molecule has 0 radical (unpaired) electrons. The van der Waals surface area contributed by atoms with Crippen molar-refractivity contribution in [3.05, 3.63) is 0 Å². The molecule has 1 saturated carbocycles. The summed E-state index contributed by atoms with van der Waals surface area (Å²) in [5, 5.41) is 2.98. The van der Waals surface area contributed by atoms with Crippen LogP contribution in [0.25, 0.3) is 0 Å². The van der Waals surface area contributed by atoms with Gasteiger partial charge in [0.1, 0.15) is 6.61 Å². The van der Waals surface area contributed by atoms with E-state index in [1.165, 1.54) is 7.11 Å². The lowest BCUT2D eigenvalue weighted by molar-refractivity contribution is -0.135. The van der Waals surface area contributed by atoms with Crippen molar-refractivity contribution >= 4 is 5.91 Å². The molecule has 0 saturated heterocycles. The van der Waals surface area contributed by atoms with Crippen molar-refractivity contribution in [1.29, 1.82) is 0 Å². The Balaban J connectivity index is 2.66. The molecule has 15 heavy (non-hydrogen) atoms. The van der Waals surface area contributed by atoms with Crippen LogP contribution in [-0.4, -0.2) is 31.7 Å². The molecule has 0 unspecified atom stereocenters. The van der Waals surface area contributed by atoms with Crippen LogP contribution < -0.4 is 11.1 Å². The number of ether oxygens (including phenoxy) is 1. The van der Waals surface area contributed by atoms with E-state index in [-0.39, 0.29) is 35.4 Å². The standard InChI is InChI=1S/C11H22N2O2/c1-10(2)8(12)11(3,4)9(10)13-7(14)6-15-5/h8-9H,6,12H2,1-5H3,(H,13,14). The van der Waals surface area contributed by atoms with Gasteiger partial charge in [-0.25, -0.2) is 0 Å². The summed E-state index contributed by atoms with van der Waals surface area (Å²) in [6.07, 6.45) is 0. The van der Waals surface area contributed by atoms with Crippen LogP contribution in [-0.2, 0) is 9.53 Å². The summed E-state index contributed by atoms with van der Waals surface area (Å²) >= 11 is 0. The smallest absolute Gasteiger partial charge is 0.246 e. The molecule has 88 valence electrons. The van der Waals surface area contributed by atoms with Crippen LogP contribution in [0.3, 0.4) is 0 Å². The molecule has 3 N–H and O–H groups in total. The van der Waals surface area contributed by atoms with Crippen LogP contribution in [0.5, 0.6) is 0 Å². The zero-order valence-corrected chi connectivity index (χ0v) is 10.3. The quantitative estimate of drug-likeness (QED) is 0.719. The Morgan fingerprint density at radius 3 is 2.20 bits per heavy atom. The second-order valence-electron chi connectivity index (χ2n) is 5.55. The van der Waals surface area contributed by atoms with E-state index >= 15 is 0 Å². The molecule has 0 atom stereocenters. The molecule has 0 aromatic carbocycles. The summed E-state index contributed by atoms with van der Waals surface area (Å²) in [7, 11) is 1.52. The molecular weight excluding hydrogens is 192 g/mol. The van der Waals surface area contributed by atoms with Gasteiger partial charge < -0.3 is 15.8 Å². The maximum Gasteiger partial charge on any atom is 0.246 e. The van der Waals surface area contributed by atoms with Crippen molar-refractivity contribution in [2.24, 2.45) is 16.6 Å². The Labute approximate surface area is 91.5 Å². The lowest BCUT2D eigenvalue weighted by Crippen LogP contribution is -2.76. The highest BCUT2D eigenvalue weighted by Gasteiger charge is 2.60. The highest BCUT2D eigenvalue weighted by atomic mass is 16.5. The van der Waals surface area contributed by atoms with Gasteiger partial charge in [-0.05, 0) is 0 Å². The molecule has 0 aromatic rings. The normalized spacial score (nSPS) is 31.9. The number of hydrogen-bond donors (Lipinski definition) is 2. The molecule has 1 rings (SSSR count). The molecule has 1 amide bonds. The van der Waals surface area contributed by atoms with Gasteiger partial charge >= 0.3 is 0 Å². The fourth-order valence-corrected chi connectivity index (χ4v) is 2.89. The Hall–Kier alpha value is -0.610. The SMILES string of the molecule is COCC(=O)NC1C(C)(C)C(N)C1(C)C. The second kappa shape index (κ2) is 3.76. The summed E-state index contributed by atoms with van der Waals surface area (Å²) in [5.74, 6) is -0.0736. The molecule has 0 aliphatic heterocycles. The number of nitrogens with two attached hydrogens (primary N) is 1. The van der Waals surface area contributed by atoms with Crippen molar-refractivity contribution in [2.75, 3.05) is 13.7 Å². The Bertz CT molecular complexity index is 245. The predicted molar refractivity (Wildman–Crippen MR) is 59.3 cm³/mol. The van der Waals surface area contributed by atoms with Gasteiger partial charge in [0.15, 0.2) is 0 Å². The average Bonchev–Trinajstić information content (AvgIpc) is 2.13. The Kier molecular flexibility index (Phi) is 3.12. The highest BCUT2D eigenvalue weighted by molar-refractivity contribution is 5.78. The maximum atomic E-state index is 11.5. The van der Waals surface area contributed by atoms with Gasteiger partial charge in [0, 0.05) is 30.0 Å². The van der Waals surface area contributed by atoms with Crippen molar-refractivity contribution < 1.29 is 9.53 Å². The van der Waals surface area contributed by atoms with Gasteiger partial charge in [-0.15, -0.1) is 0 Å². The third kappa shape index (κ3) is 1.88. The number of methoxy groups -OCH3 is 1. The van der Waals surface area contributed by atoms with Gasteiger partial charge in [-0.3, -0.25) is 4.79 Å².